The highest BCUT2D eigenvalue weighted by Gasteiger charge is 2.15. The molecule has 5 nitrogen and oxygen atoms in total. The molecule has 2 aromatic heterocycles. The Labute approximate surface area is 169 Å². The lowest BCUT2D eigenvalue weighted by atomic mass is 9.87. The number of carbonyl (C=O) groups is 1. The van der Waals surface area contributed by atoms with Gasteiger partial charge in [0.15, 0.2) is 0 Å². The number of carbonyl (C=O) groups excluding carboxylic acids is 1. The van der Waals surface area contributed by atoms with E-state index >= 15 is 0 Å². The van der Waals surface area contributed by atoms with Crippen molar-refractivity contribution >= 4 is 23.4 Å². The molecule has 0 aliphatic heterocycles. The molecule has 0 atom stereocenters. The van der Waals surface area contributed by atoms with Crippen molar-refractivity contribution in [2.45, 2.75) is 37.0 Å². The maximum Gasteiger partial charge on any atom is 0.258 e. The van der Waals surface area contributed by atoms with Crippen molar-refractivity contribution in [1.29, 1.82) is 0 Å². The van der Waals surface area contributed by atoms with Gasteiger partial charge in [-0.25, -0.2) is 4.98 Å². The van der Waals surface area contributed by atoms with E-state index in [1.807, 2.05) is 36.4 Å². The molecule has 6 heteroatoms. The van der Waals surface area contributed by atoms with Gasteiger partial charge in [0.1, 0.15) is 5.03 Å². The molecular weight excluding hydrogens is 370 g/mol. The number of amides is 1. The maximum atomic E-state index is 12.8. The maximum absolute atomic E-state index is 12.8. The average molecular weight is 395 g/mol. The van der Waals surface area contributed by atoms with Gasteiger partial charge >= 0.3 is 0 Å². The number of rotatable bonds is 5. The molecule has 2 heterocycles. The van der Waals surface area contributed by atoms with E-state index in [1.54, 1.807) is 30.7 Å². The van der Waals surface area contributed by atoms with E-state index in [4.69, 9.17) is 0 Å². The Balaban J connectivity index is 1.71. The fourth-order valence-electron chi connectivity index (χ4n) is 2.63. The minimum Gasteiger partial charge on any atom is -0.322 e. The highest BCUT2D eigenvalue weighted by molar-refractivity contribution is 7.98. The fraction of sp³-hybridized carbons (Fsp3) is 0.227. The molecule has 1 amide bonds. The lowest BCUT2D eigenvalue weighted by Crippen LogP contribution is -2.27. The Morgan fingerprint density at radius 2 is 1.79 bits per heavy atom. The molecule has 3 rings (SSSR count). The van der Waals surface area contributed by atoms with Gasteiger partial charge in [-0.2, -0.15) is 0 Å². The summed E-state index contributed by atoms with van der Waals surface area (Å²) < 4.78 is 0.999. The van der Waals surface area contributed by atoms with Gasteiger partial charge in [-0.1, -0.05) is 32.9 Å². The van der Waals surface area contributed by atoms with Gasteiger partial charge in [-0.15, -0.1) is 11.8 Å². The van der Waals surface area contributed by atoms with Crippen LogP contribution in [0.15, 0.2) is 72.1 Å². The largest absolute Gasteiger partial charge is 0.322 e. The topological polar surface area (TPSA) is 66.1 Å². The normalized spacial score (nSPS) is 11.2. The lowest BCUT2D eigenvalue weighted by molar-refractivity contribution is -0.904. The molecule has 144 valence electrons. The first-order chi connectivity index (χ1) is 13.3. The highest BCUT2D eigenvalue weighted by Crippen LogP contribution is 2.26. The smallest absolute Gasteiger partial charge is 0.258 e. The number of nitrogens with one attached hydrogen (secondary N) is 1. The predicted molar refractivity (Wildman–Crippen MR) is 111 cm³/mol. The van der Waals surface area contributed by atoms with Crippen LogP contribution in [0.1, 0.15) is 42.3 Å². The number of thioether (sulfide) groups is 1. The molecule has 0 spiro atoms. The molecule has 0 aliphatic carbocycles. The second-order valence-corrected chi connectivity index (χ2v) is 8.48. The molecule has 0 unspecified atom stereocenters. The minimum absolute atomic E-state index is 0.0719. The third-order valence-electron chi connectivity index (χ3n) is 4.28. The molecule has 0 saturated heterocycles. The quantitative estimate of drug-likeness (QED) is 0.381. The highest BCUT2D eigenvalue weighted by atomic mass is 32.2. The number of benzene rings is 1. The molecule has 0 bridgehead atoms. The minimum atomic E-state index is -0.180. The summed E-state index contributed by atoms with van der Waals surface area (Å²) in [6.07, 6.45) is 4.83. The van der Waals surface area contributed by atoms with Crippen LogP contribution < -0.4 is 10.0 Å². The summed E-state index contributed by atoms with van der Waals surface area (Å²) in [5, 5.41) is 12.9. The Bertz CT molecular complexity index is 949. The van der Waals surface area contributed by atoms with Crippen molar-refractivity contribution in [1.82, 2.24) is 4.98 Å². The van der Waals surface area contributed by atoms with Crippen molar-refractivity contribution in [2.75, 3.05) is 5.32 Å². The van der Waals surface area contributed by atoms with Crippen LogP contribution in [0.2, 0.25) is 0 Å². The predicted octanol–water partition coefficient (Wildman–Crippen LogP) is 4.45. The first kappa shape index (κ1) is 19.9. The number of pyridine rings is 2. The van der Waals surface area contributed by atoms with Gasteiger partial charge in [0.2, 0.25) is 12.4 Å². The van der Waals surface area contributed by atoms with Gasteiger partial charge < -0.3 is 5.32 Å². The zero-order chi connectivity index (χ0) is 20.1. The van der Waals surface area contributed by atoms with E-state index in [2.05, 4.69) is 31.1 Å². The van der Waals surface area contributed by atoms with Crippen molar-refractivity contribution < 1.29 is 14.7 Å². The fourth-order valence-corrected chi connectivity index (χ4v) is 3.58. The van der Waals surface area contributed by atoms with Crippen LogP contribution in [0.3, 0.4) is 0 Å². The average Bonchev–Trinajstić information content (AvgIpc) is 2.67. The Kier molecular flexibility index (Phi) is 5.99. The summed E-state index contributed by atoms with van der Waals surface area (Å²) >= 11 is 1.49. The van der Waals surface area contributed by atoms with E-state index in [-0.39, 0.29) is 11.3 Å². The summed E-state index contributed by atoms with van der Waals surface area (Å²) in [4.78, 5) is 17.1. The van der Waals surface area contributed by atoms with Crippen molar-refractivity contribution in [3.63, 3.8) is 0 Å². The van der Waals surface area contributed by atoms with Crippen LogP contribution in [-0.2, 0) is 11.2 Å². The molecule has 0 radical (unpaired) electrons. The number of hydrogen-bond acceptors (Lipinski definition) is 4. The van der Waals surface area contributed by atoms with Gasteiger partial charge in [-0.3, -0.25) is 10.0 Å². The summed E-state index contributed by atoms with van der Waals surface area (Å²) in [5.74, 6) is 0.471. The van der Waals surface area contributed by atoms with Crippen LogP contribution in [0, 0.1) is 0 Å². The van der Waals surface area contributed by atoms with E-state index in [0.717, 1.165) is 16.0 Å². The van der Waals surface area contributed by atoms with E-state index in [9.17, 15) is 10.0 Å². The van der Waals surface area contributed by atoms with Gasteiger partial charge in [-0.05, 0) is 40.8 Å². The molecule has 28 heavy (non-hydrogen) atoms. The third-order valence-corrected chi connectivity index (χ3v) is 5.36. The molecule has 3 aromatic rings. The molecule has 0 saturated carbocycles. The number of nitrogens with zero attached hydrogens (tertiary/aromatic N) is 2. The first-order valence-electron chi connectivity index (χ1n) is 9.02. The van der Waals surface area contributed by atoms with Crippen LogP contribution in [-0.4, -0.2) is 16.1 Å². The van der Waals surface area contributed by atoms with Gasteiger partial charge in [0, 0.05) is 34.5 Å². The summed E-state index contributed by atoms with van der Waals surface area (Å²) in [6.45, 7) is 6.48. The third kappa shape index (κ3) is 5.10. The monoisotopic (exact) mass is 394 g/mol. The molecular formula is C22H24N3O2S+. The van der Waals surface area contributed by atoms with Crippen LogP contribution in [0.25, 0.3) is 0 Å². The first-order valence-corrected chi connectivity index (χ1v) is 10.0. The van der Waals surface area contributed by atoms with E-state index in [0.29, 0.717) is 16.3 Å². The number of anilines is 1. The summed E-state index contributed by atoms with van der Waals surface area (Å²) in [7, 11) is 0. The summed E-state index contributed by atoms with van der Waals surface area (Å²) in [5.41, 5.74) is 3.62. The molecule has 2 N–H and O–H groups in total. The zero-order valence-corrected chi connectivity index (χ0v) is 17.0. The van der Waals surface area contributed by atoms with Crippen LogP contribution >= 0.6 is 11.8 Å². The van der Waals surface area contributed by atoms with Crippen LogP contribution in [0.4, 0.5) is 5.69 Å². The van der Waals surface area contributed by atoms with E-state index < -0.39 is 0 Å². The van der Waals surface area contributed by atoms with Gasteiger partial charge in [0.25, 0.3) is 5.91 Å². The Morgan fingerprint density at radius 1 is 1.11 bits per heavy atom. The van der Waals surface area contributed by atoms with Crippen molar-refractivity contribution in [3.8, 4) is 0 Å². The second-order valence-electron chi connectivity index (χ2n) is 7.51. The summed E-state index contributed by atoms with van der Waals surface area (Å²) in [6, 6.07) is 15.1. The number of aromatic nitrogens is 2. The standard InChI is InChI=1S/C22H23N3O2S/c1-22(2,3)17-6-8-18(9-7-17)24-20(26)19-5-4-12-23-21(19)28-15-16-10-13-25(27)14-11-16/h4-14H,15H2,1-3H3,(H-,24,26,27)/p+1. The van der Waals surface area contributed by atoms with E-state index in [1.165, 1.54) is 17.3 Å². The lowest BCUT2D eigenvalue weighted by Gasteiger charge is -2.19. The number of hydrogen-bond donors (Lipinski definition) is 2. The SMILES string of the molecule is CC(C)(C)c1ccc(NC(=O)c2cccnc2SCc2cc[n+](O)cc2)cc1. The van der Waals surface area contributed by atoms with Gasteiger partial charge in [0.05, 0.1) is 5.56 Å². The van der Waals surface area contributed by atoms with Crippen molar-refractivity contribution in [2.24, 2.45) is 0 Å². The molecule has 0 aliphatic rings. The Hall–Kier alpha value is -2.86. The van der Waals surface area contributed by atoms with Crippen LogP contribution in [0.5, 0.6) is 0 Å². The van der Waals surface area contributed by atoms with Crippen molar-refractivity contribution in [3.05, 3.63) is 83.8 Å². The molecule has 1 aromatic carbocycles. The molecule has 0 fully saturated rings. The second kappa shape index (κ2) is 8.44. The zero-order valence-electron chi connectivity index (χ0n) is 16.2. The Morgan fingerprint density at radius 3 is 2.43 bits per heavy atom.